The van der Waals surface area contributed by atoms with Gasteiger partial charge in [0.25, 0.3) is 0 Å². The molecule has 0 rings (SSSR count). The summed E-state index contributed by atoms with van der Waals surface area (Å²) in [7, 11) is 0. The van der Waals surface area contributed by atoms with Gasteiger partial charge in [0.15, 0.2) is 0 Å². The number of rotatable bonds is 21. The van der Waals surface area contributed by atoms with Gasteiger partial charge in [0.05, 0.1) is 0 Å². The van der Waals surface area contributed by atoms with Gasteiger partial charge >= 0.3 is 0 Å². The number of unbranched alkanes of at least 4 members (excludes halogenated alkanes) is 18. The summed E-state index contributed by atoms with van der Waals surface area (Å²) < 4.78 is 0. The van der Waals surface area contributed by atoms with Gasteiger partial charge < -0.3 is 0 Å². The molecule has 0 aromatic carbocycles. The molecule has 0 aliphatic rings. The zero-order valence-electron chi connectivity index (χ0n) is 20.1. The van der Waals surface area contributed by atoms with E-state index in [-0.39, 0.29) is 0 Å². The molecule has 0 amide bonds. The van der Waals surface area contributed by atoms with Crippen molar-refractivity contribution in [1.82, 2.24) is 0 Å². The summed E-state index contributed by atoms with van der Waals surface area (Å²) in [5.74, 6) is 7.73. The SMILES string of the molecule is CCCCCCCCCCCC#CCCCCCCCCCCCC(C)CC. The van der Waals surface area contributed by atoms with Gasteiger partial charge in [0, 0.05) is 12.8 Å². The Labute approximate surface area is 180 Å². The maximum Gasteiger partial charge on any atom is 0.00886 e. The minimum absolute atomic E-state index is 0.938. The standard InChI is InChI=1S/C28H54/c1-4-6-7-8-9-10-11-12-13-14-15-16-17-18-19-20-21-22-23-24-25-26-27-28(3)5-2/h28H,4-14,17-27H2,1-3H3. The molecule has 0 radical (unpaired) electrons. The van der Waals surface area contributed by atoms with Gasteiger partial charge in [-0.3, -0.25) is 0 Å². The Morgan fingerprint density at radius 2 is 0.821 bits per heavy atom. The molecule has 0 fully saturated rings. The van der Waals surface area contributed by atoms with Gasteiger partial charge in [-0.2, -0.15) is 0 Å². The maximum absolute atomic E-state index is 3.40. The molecule has 0 aliphatic carbocycles. The highest BCUT2D eigenvalue weighted by molar-refractivity contribution is 4.98. The van der Waals surface area contributed by atoms with Crippen LogP contribution in [0.2, 0.25) is 0 Å². The molecule has 1 atom stereocenters. The Kier molecular flexibility index (Phi) is 24.2. The molecular formula is C28H54. The fourth-order valence-corrected chi connectivity index (χ4v) is 3.85. The number of hydrogen-bond acceptors (Lipinski definition) is 0. The van der Waals surface area contributed by atoms with E-state index < -0.39 is 0 Å². The highest BCUT2D eigenvalue weighted by Gasteiger charge is 1.98. The molecule has 0 heteroatoms. The first kappa shape index (κ1) is 27.6. The summed E-state index contributed by atoms with van der Waals surface area (Å²) in [6, 6.07) is 0. The van der Waals surface area contributed by atoms with Crippen molar-refractivity contribution in [3.63, 3.8) is 0 Å². The topological polar surface area (TPSA) is 0 Å². The molecule has 0 aromatic rings. The molecule has 0 heterocycles. The van der Waals surface area contributed by atoms with Crippen molar-refractivity contribution in [3.05, 3.63) is 0 Å². The van der Waals surface area contributed by atoms with Gasteiger partial charge in [-0.15, -0.1) is 11.8 Å². The highest BCUT2D eigenvalue weighted by atomic mass is 14.0. The average Bonchev–Trinajstić information content (AvgIpc) is 2.71. The molecule has 1 unspecified atom stereocenters. The monoisotopic (exact) mass is 390 g/mol. The number of hydrogen-bond donors (Lipinski definition) is 0. The van der Waals surface area contributed by atoms with Crippen molar-refractivity contribution in [2.75, 3.05) is 0 Å². The van der Waals surface area contributed by atoms with Crippen LogP contribution in [0, 0.1) is 17.8 Å². The predicted molar refractivity (Wildman–Crippen MR) is 130 cm³/mol. The van der Waals surface area contributed by atoms with Gasteiger partial charge in [-0.25, -0.2) is 0 Å². The maximum atomic E-state index is 3.40. The van der Waals surface area contributed by atoms with Crippen LogP contribution < -0.4 is 0 Å². The quantitative estimate of drug-likeness (QED) is 0.135. The third kappa shape index (κ3) is 23.6. The molecule has 0 N–H and O–H groups in total. The van der Waals surface area contributed by atoms with Crippen molar-refractivity contribution in [2.45, 2.75) is 162 Å². The summed E-state index contributed by atoms with van der Waals surface area (Å²) in [5.41, 5.74) is 0. The summed E-state index contributed by atoms with van der Waals surface area (Å²) in [4.78, 5) is 0. The first-order chi connectivity index (χ1) is 13.8. The van der Waals surface area contributed by atoms with Gasteiger partial charge in [0.1, 0.15) is 0 Å². The van der Waals surface area contributed by atoms with E-state index in [0.29, 0.717) is 0 Å². The smallest absolute Gasteiger partial charge is 0.00886 e. The van der Waals surface area contributed by atoms with Crippen LogP contribution in [-0.4, -0.2) is 0 Å². The molecule has 28 heavy (non-hydrogen) atoms. The normalized spacial score (nSPS) is 12.0. The molecule has 0 aromatic heterocycles. The lowest BCUT2D eigenvalue weighted by Gasteiger charge is -2.07. The third-order valence-corrected chi connectivity index (χ3v) is 6.23. The van der Waals surface area contributed by atoms with Crippen LogP contribution in [0.15, 0.2) is 0 Å². The Hall–Kier alpha value is -0.440. The van der Waals surface area contributed by atoms with Crippen LogP contribution in [0.1, 0.15) is 162 Å². The highest BCUT2D eigenvalue weighted by Crippen LogP contribution is 2.15. The van der Waals surface area contributed by atoms with Gasteiger partial charge in [-0.05, 0) is 18.8 Å². The Morgan fingerprint density at radius 1 is 0.464 bits per heavy atom. The Balaban J connectivity index is 3.12. The summed E-state index contributed by atoms with van der Waals surface area (Å²) in [6.07, 6.45) is 30.6. The Bertz CT molecular complexity index is 332. The summed E-state index contributed by atoms with van der Waals surface area (Å²) in [5, 5.41) is 0. The van der Waals surface area contributed by atoms with Crippen molar-refractivity contribution < 1.29 is 0 Å². The van der Waals surface area contributed by atoms with E-state index in [2.05, 4.69) is 32.6 Å². The van der Waals surface area contributed by atoms with E-state index in [1.807, 2.05) is 0 Å². The lowest BCUT2D eigenvalue weighted by molar-refractivity contribution is 0.469. The molecule has 0 spiro atoms. The van der Waals surface area contributed by atoms with Crippen molar-refractivity contribution >= 4 is 0 Å². The van der Waals surface area contributed by atoms with Crippen LogP contribution in [0.4, 0.5) is 0 Å². The molecular weight excluding hydrogens is 336 g/mol. The van der Waals surface area contributed by atoms with E-state index in [4.69, 9.17) is 0 Å². The summed E-state index contributed by atoms with van der Waals surface area (Å²) in [6.45, 7) is 7.00. The minimum Gasteiger partial charge on any atom is -0.103 e. The van der Waals surface area contributed by atoms with E-state index in [1.54, 1.807) is 0 Å². The first-order valence-electron chi connectivity index (χ1n) is 13.3. The van der Waals surface area contributed by atoms with E-state index in [1.165, 1.54) is 128 Å². The molecule has 0 saturated heterocycles. The largest absolute Gasteiger partial charge is 0.103 e. The van der Waals surface area contributed by atoms with E-state index >= 15 is 0 Å². The van der Waals surface area contributed by atoms with Crippen LogP contribution in [-0.2, 0) is 0 Å². The van der Waals surface area contributed by atoms with Crippen molar-refractivity contribution in [3.8, 4) is 11.8 Å². The molecule has 0 bridgehead atoms. The summed E-state index contributed by atoms with van der Waals surface area (Å²) >= 11 is 0. The van der Waals surface area contributed by atoms with Crippen molar-refractivity contribution in [1.29, 1.82) is 0 Å². The Morgan fingerprint density at radius 3 is 1.21 bits per heavy atom. The molecule has 0 saturated carbocycles. The lowest BCUT2D eigenvalue weighted by Crippen LogP contribution is -1.91. The fourth-order valence-electron chi connectivity index (χ4n) is 3.85. The molecule has 0 aliphatic heterocycles. The zero-order valence-corrected chi connectivity index (χ0v) is 20.1. The average molecular weight is 391 g/mol. The lowest BCUT2D eigenvalue weighted by atomic mass is 9.99. The van der Waals surface area contributed by atoms with E-state index in [9.17, 15) is 0 Å². The van der Waals surface area contributed by atoms with Crippen LogP contribution in [0.25, 0.3) is 0 Å². The van der Waals surface area contributed by atoms with Crippen LogP contribution >= 0.6 is 0 Å². The second kappa shape index (κ2) is 24.6. The molecule has 166 valence electrons. The van der Waals surface area contributed by atoms with Gasteiger partial charge in [-0.1, -0.05) is 136 Å². The zero-order chi connectivity index (χ0) is 20.5. The van der Waals surface area contributed by atoms with Crippen LogP contribution in [0.5, 0.6) is 0 Å². The van der Waals surface area contributed by atoms with E-state index in [0.717, 1.165) is 18.8 Å². The van der Waals surface area contributed by atoms with Crippen LogP contribution in [0.3, 0.4) is 0 Å². The molecule has 0 nitrogen and oxygen atoms in total. The fraction of sp³-hybridized carbons (Fsp3) is 0.929. The van der Waals surface area contributed by atoms with Crippen molar-refractivity contribution in [2.24, 2.45) is 5.92 Å². The second-order valence-electron chi connectivity index (χ2n) is 9.17. The third-order valence-electron chi connectivity index (χ3n) is 6.23. The first-order valence-corrected chi connectivity index (χ1v) is 13.3. The minimum atomic E-state index is 0.938. The van der Waals surface area contributed by atoms with Gasteiger partial charge in [0.2, 0.25) is 0 Å². The second-order valence-corrected chi connectivity index (χ2v) is 9.17. The predicted octanol–water partition coefficient (Wildman–Crippen LogP) is 10.2.